The molecule has 0 saturated carbocycles. The Bertz CT molecular complexity index is 523. The molecule has 0 aliphatic carbocycles. The smallest absolute Gasteiger partial charge is 0.274 e. The first-order valence-corrected chi connectivity index (χ1v) is 6.18. The first-order valence-electron chi connectivity index (χ1n) is 6.18. The van der Waals surface area contributed by atoms with Crippen LogP contribution in [0.4, 0.5) is 5.69 Å². The van der Waals surface area contributed by atoms with E-state index in [4.69, 9.17) is 0 Å². The first-order chi connectivity index (χ1) is 8.49. The van der Waals surface area contributed by atoms with Gasteiger partial charge in [0.25, 0.3) is 5.56 Å². The fourth-order valence-corrected chi connectivity index (χ4v) is 2.10. The molecule has 2 N–H and O–H groups in total. The number of halogens is 1. The molecule has 0 bridgehead atoms. The molecule has 106 valence electrons. The molecule has 0 radical (unpaired) electrons. The lowest BCUT2D eigenvalue weighted by molar-refractivity contribution is -0.121. The average molecular weight is 286 g/mol. The van der Waals surface area contributed by atoms with E-state index in [-0.39, 0.29) is 29.8 Å². The Morgan fingerprint density at radius 2 is 2.16 bits per heavy atom. The van der Waals surface area contributed by atoms with Crippen molar-refractivity contribution in [2.24, 2.45) is 18.9 Å². The summed E-state index contributed by atoms with van der Waals surface area (Å²) in [4.78, 5) is 23.9. The van der Waals surface area contributed by atoms with Gasteiger partial charge in [-0.25, -0.2) is 0 Å². The van der Waals surface area contributed by atoms with Gasteiger partial charge < -0.3 is 15.2 Å². The molecule has 1 aliphatic rings. The van der Waals surface area contributed by atoms with Gasteiger partial charge in [-0.15, -0.1) is 12.4 Å². The molecule has 5 nitrogen and oxygen atoms in total. The standard InChI is InChI=1S/C13H19N3O2.ClH/c1-8-4-11(13(18)16(3)7-8)15-12(17)9(2)10-5-14-6-10;/h4,7,9-10,14H,5-6H2,1-3H3,(H,15,17);1H. The van der Waals surface area contributed by atoms with E-state index in [1.807, 2.05) is 13.8 Å². The second-order valence-electron chi connectivity index (χ2n) is 5.04. The van der Waals surface area contributed by atoms with Gasteiger partial charge in [0.15, 0.2) is 0 Å². The second kappa shape index (κ2) is 6.21. The summed E-state index contributed by atoms with van der Waals surface area (Å²) >= 11 is 0. The number of nitrogens with one attached hydrogen (secondary N) is 2. The minimum absolute atomic E-state index is 0. The molecule has 1 atom stereocenters. The summed E-state index contributed by atoms with van der Waals surface area (Å²) in [5, 5.41) is 5.89. The van der Waals surface area contributed by atoms with Gasteiger partial charge in [0.2, 0.25) is 5.91 Å². The topological polar surface area (TPSA) is 63.1 Å². The number of aromatic nitrogens is 1. The highest BCUT2D eigenvalue weighted by molar-refractivity contribution is 5.92. The predicted molar refractivity (Wildman–Crippen MR) is 77.8 cm³/mol. The van der Waals surface area contributed by atoms with Crippen LogP contribution in [0, 0.1) is 18.8 Å². The van der Waals surface area contributed by atoms with E-state index in [2.05, 4.69) is 10.6 Å². The molecule has 1 unspecified atom stereocenters. The summed E-state index contributed by atoms with van der Waals surface area (Å²) in [6, 6.07) is 1.71. The van der Waals surface area contributed by atoms with Gasteiger partial charge in [0.1, 0.15) is 5.69 Å². The van der Waals surface area contributed by atoms with Gasteiger partial charge in [-0.2, -0.15) is 0 Å². The van der Waals surface area contributed by atoms with Gasteiger partial charge in [0.05, 0.1) is 0 Å². The van der Waals surface area contributed by atoms with Crippen LogP contribution in [0.1, 0.15) is 12.5 Å². The van der Waals surface area contributed by atoms with Gasteiger partial charge >= 0.3 is 0 Å². The molecule has 1 fully saturated rings. The summed E-state index contributed by atoms with van der Waals surface area (Å²) in [7, 11) is 1.68. The number of aryl methyl sites for hydroxylation is 2. The second-order valence-corrected chi connectivity index (χ2v) is 5.04. The molecular formula is C13H20ClN3O2. The molecular weight excluding hydrogens is 266 g/mol. The summed E-state index contributed by atoms with van der Waals surface area (Å²) in [6.45, 7) is 5.55. The van der Waals surface area contributed by atoms with E-state index in [0.29, 0.717) is 11.6 Å². The molecule has 2 heterocycles. The van der Waals surface area contributed by atoms with Crippen molar-refractivity contribution in [3.8, 4) is 0 Å². The number of nitrogens with zero attached hydrogens (tertiary/aromatic N) is 1. The van der Waals surface area contributed by atoms with E-state index in [1.165, 1.54) is 4.57 Å². The van der Waals surface area contributed by atoms with Crippen molar-refractivity contribution < 1.29 is 4.79 Å². The maximum absolute atomic E-state index is 12.0. The fourth-order valence-electron chi connectivity index (χ4n) is 2.10. The first kappa shape index (κ1) is 15.7. The van der Waals surface area contributed by atoms with Gasteiger partial charge in [-0.1, -0.05) is 6.92 Å². The minimum Gasteiger partial charge on any atom is -0.321 e. The predicted octanol–water partition coefficient (Wildman–Crippen LogP) is 0.910. The maximum atomic E-state index is 12.0. The van der Waals surface area contributed by atoms with Crippen LogP contribution < -0.4 is 16.2 Å². The molecule has 1 saturated heterocycles. The molecule has 1 aromatic rings. The molecule has 1 aliphatic heterocycles. The number of carbonyl (C=O) groups excluding carboxylic acids is 1. The fraction of sp³-hybridized carbons (Fsp3) is 0.538. The molecule has 1 aromatic heterocycles. The zero-order chi connectivity index (χ0) is 13.3. The summed E-state index contributed by atoms with van der Waals surface area (Å²) in [5.41, 5.74) is 1.14. The third kappa shape index (κ3) is 3.36. The van der Waals surface area contributed by atoms with Crippen molar-refractivity contribution in [1.29, 1.82) is 0 Å². The van der Waals surface area contributed by atoms with E-state index >= 15 is 0 Å². The third-order valence-corrected chi connectivity index (χ3v) is 3.51. The van der Waals surface area contributed by atoms with Crippen LogP contribution in [0.2, 0.25) is 0 Å². The van der Waals surface area contributed by atoms with Crippen molar-refractivity contribution in [2.75, 3.05) is 18.4 Å². The van der Waals surface area contributed by atoms with Crippen molar-refractivity contribution in [3.05, 3.63) is 28.2 Å². The SMILES string of the molecule is Cc1cc(NC(=O)C(C)C2CNC2)c(=O)n(C)c1.Cl. The maximum Gasteiger partial charge on any atom is 0.274 e. The van der Waals surface area contributed by atoms with Crippen LogP contribution in [0.5, 0.6) is 0 Å². The zero-order valence-corrected chi connectivity index (χ0v) is 12.2. The van der Waals surface area contributed by atoms with Crippen molar-refractivity contribution >= 4 is 24.0 Å². The van der Waals surface area contributed by atoms with Crippen molar-refractivity contribution in [2.45, 2.75) is 13.8 Å². The van der Waals surface area contributed by atoms with Crippen LogP contribution in [0.25, 0.3) is 0 Å². The van der Waals surface area contributed by atoms with E-state index in [1.54, 1.807) is 19.3 Å². The lowest BCUT2D eigenvalue weighted by atomic mass is 9.88. The largest absolute Gasteiger partial charge is 0.321 e. The van der Waals surface area contributed by atoms with Crippen molar-refractivity contribution in [1.82, 2.24) is 9.88 Å². The molecule has 2 rings (SSSR count). The molecule has 19 heavy (non-hydrogen) atoms. The van der Waals surface area contributed by atoms with E-state index in [9.17, 15) is 9.59 Å². The minimum atomic E-state index is -0.173. The van der Waals surface area contributed by atoms with E-state index < -0.39 is 0 Å². The Labute approximate surface area is 118 Å². The summed E-state index contributed by atoms with van der Waals surface area (Å²) < 4.78 is 1.49. The lowest BCUT2D eigenvalue weighted by Gasteiger charge is -2.31. The molecule has 6 heteroatoms. The monoisotopic (exact) mass is 285 g/mol. The number of carbonyl (C=O) groups is 1. The van der Waals surface area contributed by atoms with Crippen LogP contribution in [-0.2, 0) is 11.8 Å². The van der Waals surface area contributed by atoms with Gasteiger partial charge in [-0.3, -0.25) is 9.59 Å². The van der Waals surface area contributed by atoms with Gasteiger partial charge in [0, 0.05) is 19.2 Å². The van der Waals surface area contributed by atoms with Crippen LogP contribution in [0.15, 0.2) is 17.1 Å². The lowest BCUT2D eigenvalue weighted by Crippen LogP contribution is -2.48. The highest BCUT2D eigenvalue weighted by Gasteiger charge is 2.29. The number of hydrogen-bond donors (Lipinski definition) is 2. The number of amides is 1. The summed E-state index contributed by atoms with van der Waals surface area (Å²) in [5.74, 6) is 0.222. The number of rotatable bonds is 3. The molecule has 0 aromatic carbocycles. The Morgan fingerprint density at radius 3 is 2.68 bits per heavy atom. The number of anilines is 1. The summed E-state index contributed by atoms with van der Waals surface area (Å²) in [6.07, 6.45) is 1.75. The highest BCUT2D eigenvalue weighted by Crippen LogP contribution is 2.17. The average Bonchev–Trinajstić information content (AvgIpc) is 2.22. The van der Waals surface area contributed by atoms with Crippen LogP contribution in [0.3, 0.4) is 0 Å². The highest BCUT2D eigenvalue weighted by atomic mass is 35.5. The number of pyridine rings is 1. The van der Waals surface area contributed by atoms with Crippen LogP contribution >= 0.6 is 12.4 Å². The quantitative estimate of drug-likeness (QED) is 0.868. The Balaban J connectivity index is 0.00000180. The van der Waals surface area contributed by atoms with Crippen LogP contribution in [-0.4, -0.2) is 23.6 Å². The number of hydrogen-bond acceptors (Lipinski definition) is 3. The molecule has 0 spiro atoms. The van der Waals surface area contributed by atoms with Crippen molar-refractivity contribution in [3.63, 3.8) is 0 Å². The van der Waals surface area contributed by atoms with E-state index in [0.717, 1.165) is 18.7 Å². The Kier molecular flexibility index (Phi) is 5.14. The zero-order valence-electron chi connectivity index (χ0n) is 11.4. The molecule has 1 amide bonds. The Hall–Kier alpha value is -1.33. The third-order valence-electron chi connectivity index (χ3n) is 3.51. The van der Waals surface area contributed by atoms with Gasteiger partial charge in [-0.05, 0) is 37.6 Å². The Morgan fingerprint density at radius 1 is 1.53 bits per heavy atom. The normalized spacial score (nSPS) is 16.2.